The van der Waals surface area contributed by atoms with E-state index in [4.69, 9.17) is 0 Å². The first-order valence-corrected chi connectivity index (χ1v) is 7.12. The number of nitrogens with one attached hydrogen (secondary N) is 2. The normalized spacial score (nSPS) is 11.5. The number of aromatic amines is 2. The second-order valence-corrected chi connectivity index (χ2v) is 5.00. The lowest BCUT2D eigenvalue weighted by Crippen LogP contribution is -1.83. The van der Waals surface area contributed by atoms with Gasteiger partial charge in [-0.2, -0.15) is 0 Å². The van der Waals surface area contributed by atoms with E-state index in [0.717, 1.165) is 33.8 Å². The van der Waals surface area contributed by atoms with Crippen molar-refractivity contribution >= 4 is 22.9 Å². The average Bonchev–Trinajstić information content (AvgIpc) is 3.22. The van der Waals surface area contributed by atoms with Gasteiger partial charge in [-0.1, -0.05) is 24.3 Å². The summed E-state index contributed by atoms with van der Waals surface area (Å²) < 4.78 is 0. The van der Waals surface area contributed by atoms with E-state index in [9.17, 15) is 0 Å². The van der Waals surface area contributed by atoms with Crippen LogP contribution in [0.1, 0.15) is 5.69 Å². The Labute approximate surface area is 127 Å². The van der Waals surface area contributed by atoms with Gasteiger partial charge in [-0.25, -0.2) is 4.98 Å². The number of aliphatic imine (C=N–C) groups is 1. The van der Waals surface area contributed by atoms with Crippen molar-refractivity contribution < 1.29 is 0 Å². The third kappa shape index (κ3) is 2.31. The molecule has 0 radical (unpaired) electrons. The summed E-state index contributed by atoms with van der Waals surface area (Å²) in [5.41, 5.74) is 4.83. The fourth-order valence-electron chi connectivity index (χ4n) is 2.43. The van der Waals surface area contributed by atoms with Crippen molar-refractivity contribution in [3.05, 3.63) is 72.6 Å². The Hall–Kier alpha value is -3.14. The van der Waals surface area contributed by atoms with E-state index in [1.807, 2.05) is 73.1 Å². The van der Waals surface area contributed by atoms with Gasteiger partial charge in [-0.15, -0.1) is 0 Å². The predicted octanol–water partition coefficient (Wildman–Crippen LogP) is 4.31. The molecule has 106 valence electrons. The van der Waals surface area contributed by atoms with Crippen molar-refractivity contribution in [1.29, 1.82) is 0 Å². The Morgan fingerprint density at radius 3 is 2.64 bits per heavy atom. The second kappa shape index (κ2) is 5.33. The van der Waals surface area contributed by atoms with Crippen molar-refractivity contribution in [2.45, 2.75) is 0 Å². The van der Waals surface area contributed by atoms with Crippen LogP contribution < -0.4 is 0 Å². The summed E-state index contributed by atoms with van der Waals surface area (Å²) in [6.07, 6.45) is 3.70. The lowest BCUT2D eigenvalue weighted by molar-refractivity contribution is 1.32. The Bertz CT molecular complexity index is 900. The smallest absolute Gasteiger partial charge is 0.140 e. The molecule has 2 aromatic carbocycles. The van der Waals surface area contributed by atoms with Crippen LogP contribution in [-0.4, -0.2) is 21.2 Å². The van der Waals surface area contributed by atoms with E-state index in [1.54, 1.807) is 0 Å². The summed E-state index contributed by atoms with van der Waals surface area (Å²) >= 11 is 0. The number of imidazole rings is 1. The van der Waals surface area contributed by atoms with Gasteiger partial charge in [0.1, 0.15) is 5.82 Å². The molecule has 2 heterocycles. The molecule has 0 saturated heterocycles. The fraction of sp³-hybridized carbons (Fsp3) is 0. The molecule has 0 spiro atoms. The second-order valence-electron chi connectivity index (χ2n) is 5.00. The summed E-state index contributed by atoms with van der Waals surface area (Å²) in [6.45, 7) is 0. The average molecular weight is 286 g/mol. The van der Waals surface area contributed by atoms with E-state index < -0.39 is 0 Å². The van der Waals surface area contributed by atoms with Crippen LogP contribution >= 0.6 is 0 Å². The number of fused-ring (bicyclic) bond motifs is 1. The van der Waals surface area contributed by atoms with Gasteiger partial charge >= 0.3 is 0 Å². The topological polar surface area (TPSA) is 56.8 Å². The molecule has 0 unspecified atom stereocenters. The van der Waals surface area contributed by atoms with Gasteiger partial charge in [-0.05, 0) is 36.4 Å². The minimum absolute atomic E-state index is 0.834. The van der Waals surface area contributed by atoms with E-state index in [0.29, 0.717) is 0 Å². The van der Waals surface area contributed by atoms with Crippen LogP contribution in [0.25, 0.3) is 22.4 Å². The third-order valence-electron chi connectivity index (χ3n) is 3.51. The Kier molecular flexibility index (Phi) is 3.05. The van der Waals surface area contributed by atoms with Gasteiger partial charge in [0.05, 0.1) is 28.6 Å². The molecule has 22 heavy (non-hydrogen) atoms. The summed E-state index contributed by atoms with van der Waals surface area (Å²) in [5.74, 6) is 0.834. The number of H-pyrrole nitrogens is 2. The van der Waals surface area contributed by atoms with Crippen LogP contribution in [-0.2, 0) is 0 Å². The van der Waals surface area contributed by atoms with E-state index >= 15 is 0 Å². The number of para-hydroxylation sites is 3. The molecule has 2 N–H and O–H groups in total. The molecule has 4 nitrogen and oxygen atoms in total. The molecule has 0 amide bonds. The number of hydrogen-bond acceptors (Lipinski definition) is 2. The van der Waals surface area contributed by atoms with E-state index in [-0.39, 0.29) is 0 Å². The van der Waals surface area contributed by atoms with Crippen LogP contribution in [0.4, 0.5) is 5.69 Å². The molecular formula is C18H14N4. The monoisotopic (exact) mass is 286 g/mol. The number of nitrogens with zero attached hydrogens (tertiary/aromatic N) is 2. The number of benzene rings is 2. The summed E-state index contributed by atoms with van der Waals surface area (Å²) in [6, 6.07) is 19.9. The minimum atomic E-state index is 0.834. The highest BCUT2D eigenvalue weighted by atomic mass is 14.9. The molecule has 0 atom stereocenters. The summed E-state index contributed by atoms with van der Waals surface area (Å²) in [5, 5.41) is 0. The van der Waals surface area contributed by atoms with Crippen molar-refractivity contribution in [2.75, 3.05) is 0 Å². The lowest BCUT2D eigenvalue weighted by Gasteiger charge is -2.01. The minimum Gasteiger partial charge on any atom is -0.360 e. The summed E-state index contributed by atoms with van der Waals surface area (Å²) in [7, 11) is 0. The zero-order valence-electron chi connectivity index (χ0n) is 11.8. The first-order chi connectivity index (χ1) is 10.9. The molecule has 2 aromatic heterocycles. The number of rotatable bonds is 3. The predicted molar refractivity (Wildman–Crippen MR) is 89.6 cm³/mol. The molecule has 4 heteroatoms. The number of aromatic nitrogens is 3. The molecular weight excluding hydrogens is 272 g/mol. The van der Waals surface area contributed by atoms with Gasteiger partial charge in [0.2, 0.25) is 0 Å². The maximum Gasteiger partial charge on any atom is 0.140 e. The van der Waals surface area contributed by atoms with Crippen molar-refractivity contribution in [2.24, 2.45) is 4.99 Å². The molecule has 0 aliphatic rings. The van der Waals surface area contributed by atoms with Crippen LogP contribution in [0.3, 0.4) is 0 Å². The van der Waals surface area contributed by atoms with Gasteiger partial charge in [0, 0.05) is 11.8 Å². The van der Waals surface area contributed by atoms with Crippen molar-refractivity contribution in [1.82, 2.24) is 15.0 Å². The molecule has 4 aromatic rings. The van der Waals surface area contributed by atoms with Gasteiger partial charge < -0.3 is 9.97 Å². The first kappa shape index (κ1) is 12.6. The quantitative estimate of drug-likeness (QED) is 0.542. The Morgan fingerprint density at radius 2 is 1.77 bits per heavy atom. The number of hydrogen-bond donors (Lipinski definition) is 2. The van der Waals surface area contributed by atoms with Gasteiger partial charge in [0.15, 0.2) is 0 Å². The van der Waals surface area contributed by atoms with E-state index in [1.165, 1.54) is 0 Å². The van der Waals surface area contributed by atoms with Gasteiger partial charge in [0.25, 0.3) is 0 Å². The van der Waals surface area contributed by atoms with E-state index in [2.05, 4.69) is 19.9 Å². The van der Waals surface area contributed by atoms with Crippen molar-refractivity contribution in [3.8, 4) is 11.4 Å². The highest BCUT2D eigenvalue weighted by Crippen LogP contribution is 2.29. The largest absolute Gasteiger partial charge is 0.360 e. The van der Waals surface area contributed by atoms with Crippen LogP contribution in [0.15, 0.2) is 71.9 Å². The third-order valence-corrected chi connectivity index (χ3v) is 3.51. The molecule has 0 fully saturated rings. The maximum atomic E-state index is 4.65. The SMILES string of the molecule is C(=N\c1ccccc1-c1nc2ccccc2[nH]1)/c1ccc[nH]1. The maximum absolute atomic E-state index is 4.65. The Morgan fingerprint density at radius 1 is 0.909 bits per heavy atom. The molecule has 0 aliphatic carbocycles. The lowest BCUT2D eigenvalue weighted by atomic mass is 10.1. The van der Waals surface area contributed by atoms with Crippen LogP contribution in [0.5, 0.6) is 0 Å². The van der Waals surface area contributed by atoms with Crippen LogP contribution in [0.2, 0.25) is 0 Å². The fourth-order valence-corrected chi connectivity index (χ4v) is 2.43. The zero-order valence-corrected chi connectivity index (χ0v) is 11.8. The highest BCUT2D eigenvalue weighted by molar-refractivity contribution is 5.85. The standard InChI is InChI=1S/C18H14N4/c1-2-8-15(20-12-13-6-5-11-19-13)14(7-1)18-21-16-9-3-4-10-17(16)22-18/h1-12,19H,(H,21,22)/b20-12+. The molecule has 0 saturated carbocycles. The molecule has 4 rings (SSSR count). The van der Waals surface area contributed by atoms with Gasteiger partial charge in [-0.3, -0.25) is 4.99 Å². The highest BCUT2D eigenvalue weighted by Gasteiger charge is 2.08. The summed E-state index contributed by atoms with van der Waals surface area (Å²) in [4.78, 5) is 15.7. The first-order valence-electron chi connectivity index (χ1n) is 7.12. The van der Waals surface area contributed by atoms with Crippen molar-refractivity contribution in [3.63, 3.8) is 0 Å². The van der Waals surface area contributed by atoms with Crippen LogP contribution in [0, 0.1) is 0 Å². The molecule has 0 aliphatic heterocycles. The Balaban J connectivity index is 1.78. The molecule has 0 bridgehead atoms. The zero-order chi connectivity index (χ0) is 14.8.